The fourth-order valence-corrected chi connectivity index (χ4v) is 3.51. The highest BCUT2D eigenvalue weighted by molar-refractivity contribution is 5.94. The van der Waals surface area contributed by atoms with Gasteiger partial charge in [-0.1, -0.05) is 18.2 Å². The molecule has 0 spiro atoms. The third kappa shape index (κ3) is 1.84. The van der Waals surface area contributed by atoms with E-state index in [0.717, 1.165) is 37.1 Å². The molecule has 3 heteroatoms. The minimum Gasteiger partial charge on any atom is -0.459 e. The lowest BCUT2D eigenvalue weighted by Crippen LogP contribution is -2.48. The van der Waals surface area contributed by atoms with Crippen LogP contribution in [0, 0.1) is 5.92 Å². The predicted molar refractivity (Wildman–Crippen MR) is 71.3 cm³/mol. The molecular weight excluding hydrogens is 238 g/mol. The van der Waals surface area contributed by atoms with Crippen molar-refractivity contribution in [1.29, 1.82) is 0 Å². The molecule has 0 unspecified atom stereocenters. The smallest absolute Gasteiger partial charge is 0.254 e. The summed E-state index contributed by atoms with van der Waals surface area (Å²) < 4.78 is 5.50. The molecule has 0 saturated carbocycles. The molecule has 98 valence electrons. The first-order valence-corrected chi connectivity index (χ1v) is 7.09. The summed E-state index contributed by atoms with van der Waals surface area (Å²) in [4.78, 5) is 14.7. The lowest BCUT2D eigenvalue weighted by atomic mass is 9.81. The van der Waals surface area contributed by atoms with Crippen LogP contribution in [0.5, 0.6) is 0 Å². The van der Waals surface area contributed by atoms with E-state index in [9.17, 15) is 4.79 Å². The molecule has 2 heterocycles. The van der Waals surface area contributed by atoms with Crippen LogP contribution in [-0.4, -0.2) is 23.4 Å². The van der Waals surface area contributed by atoms with Crippen molar-refractivity contribution in [2.75, 3.05) is 6.54 Å². The van der Waals surface area contributed by atoms with E-state index in [0.29, 0.717) is 12.0 Å². The molecule has 0 N–H and O–H groups in total. The normalized spacial score (nSPS) is 28.3. The van der Waals surface area contributed by atoms with Gasteiger partial charge in [-0.2, -0.15) is 0 Å². The molecular formula is C16H17NO2. The number of carbonyl (C=O) groups excluding carboxylic acids is 1. The third-order valence-electron chi connectivity index (χ3n) is 4.56. The van der Waals surface area contributed by atoms with Gasteiger partial charge in [0.05, 0.1) is 0 Å². The molecule has 0 aromatic heterocycles. The average molecular weight is 255 g/mol. The highest BCUT2D eigenvalue weighted by Gasteiger charge is 2.44. The van der Waals surface area contributed by atoms with Crippen LogP contribution in [0.3, 0.4) is 0 Å². The van der Waals surface area contributed by atoms with Crippen molar-refractivity contribution in [3.63, 3.8) is 0 Å². The first-order valence-electron chi connectivity index (χ1n) is 7.09. The van der Waals surface area contributed by atoms with Crippen LogP contribution in [0.1, 0.15) is 36.0 Å². The monoisotopic (exact) mass is 255 g/mol. The molecule has 1 saturated heterocycles. The van der Waals surface area contributed by atoms with Crippen molar-refractivity contribution in [2.45, 2.75) is 31.7 Å². The summed E-state index contributed by atoms with van der Waals surface area (Å²) >= 11 is 0. The Morgan fingerprint density at radius 2 is 1.95 bits per heavy atom. The number of allylic oxidation sites excluding steroid dienone is 1. The zero-order chi connectivity index (χ0) is 12.8. The Morgan fingerprint density at radius 3 is 2.79 bits per heavy atom. The molecule has 1 aromatic carbocycles. The second-order valence-electron chi connectivity index (χ2n) is 5.69. The fraction of sp³-hybridized carbons (Fsp3) is 0.438. The van der Waals surface area contributed by atoms with Crippen molar-refractivity contribution in [1.82, 2.24) is 4.90 Å². The van der Waals surface area contributed by atoms with Gasteiger partial charge in [-0.15, -0.1) is 0 Å². The molecule has 4 rings (SSSR count). The van der Waals surface area contributed by atoms with Gasteiger partial charge in [0, 0.05) is 31.0 Å². The van der Waals surface area contributed by atoms with E-state index in [1.54, 1.807) is 0 Å². The zero-order valence-electron chi connectivity index (χ0n) is 10.8. The number of nitrogens with zero attached hydrogens (tertiary/aromatic N) is 1. The van der Waals surface area contributed by atoms with Crippen molar-refractivity contribution >= 4 is 5.91 Å². The van der Waals surface area contributed by atoms with Crippen LogP contribution in [-0.2, 0) is 4.74 Å². The summed E-state index contributed by atoms with van der Waals surface area (Å²) in [5, 5.41) is 0. The van der Waals surface area contributed by atoms with Crippen LogP contribution < -0.4 is 0 Å². The third-order valence-corrected chi connectivity index (χ3v) is 4.56. The van der Waals surface area contributed by atoms with Gasteiger partial charge in [0.25, 0.3) is 5.91 Å². The SMILES string of the molecule is O=C(c1ccccc1)N1CCC[C@@H]2CC3=C(C[C@H]21)O3. The Labute approximate surface area is 112 Å². The standard InChI is InChI=1S/C16H17NO2/c18-16(11-5-2-1-3-6-11)17-8-4-7-12-9-14-15(19-14)10-13(12)17/h1-3,5-6,12-13H,4,7-10H2/t12-,13-/m1/s1. The molecule has 0 radical (unpaired) electrons. The van der Waals surface area contributed by atoms with Gasteiger partial charge in [0.2, 0.25) is 0 Å². The lowest BCUT2D eigenvalue weighted by molar-refractivity contribution is 0.0490. The summed E-state index contributed by atoms with van der Waals surface area (Å²) in [7, 11) is 0. The molecule has 0 bridgehead atoms. The van der Waals surface area contributed by atoms with E-state index < -0.39 is 0 Å². The van der Waals surface area contributed by atoms with Gasteiger partial charge in [0.1, 0.15) is 11.5 Å². The number of piperidine rings is 1. The van der Waals surface area contributed by atoms with E-state index in [2.05, 4.69) is 4.90 Å². The topological polar surface area (TPSA) is 32.8 Å². The Balaban J connectivity index is 1.60. The average Bonchev–Trinajstić information content (AvgIpc) is 3.22. The molecule has 1 aromatic rings. The maximum Gasteiger partial charge on any atom is 0.254 e. The summed E-state index contributed by atoms with van der Waals surface area (Å²) in [5.41, 5.74) is 0.805. The van der Waals surface area contributed by atoms with Gasteiger partial charge in [0.15, 0.2) is 0 Å². The number of fused-ring (bicyclic) bond motifs is 1. The minimum absolute atomic E-state index is 0.181. The zero-order valence-corrected chi connectivity index (χ0v) is 10.8. The predicted octanol–water partition coefficient (Wildman–Crippen LogP) is 2.94. The number of benzene rings is 1. The van der Waals surface area contributed by atoms with Crippen molar-refractivity contribution in [2.24, 2.45) is 5.92 Å². The Kier molecular flexibility index (Phi) is 2.40. The van der Waals surface area contributed by atoms with Crippen molar-refractivity contribution in [3.05, 3.63) is 47.4 Å². The van der Waals surface area contributed by atoms with E-state index in [4.69, 9.17) is 4.74 Å². The summed E-state index contributed by atoms with van der Waals surface area (Å²) in [6, 6.07) is 9.98. The van der Waals surface area contributed by atoms with Crippen LogP contribution in [0.4, 0.5) is 0 Å². The van der Waals surface area contributed by atoms with Gasteiger partial charge in [-0.05, 0) is 30.9 Å². The van der Waals surface area contributed by atoms with Gasteiger partial charge >= 0.3 is 0 Å². The molecule has 2 atom stereocenters. The second kappa shape index (κ2) is 4.12. The maximum atomic E-state index is 12.6. The van der Waals surface area contributed by atoms with E-state index in [1.807, 2.05) is 30.3 Å². The highest BCUT2D eigenvalue weighted by Crippen LogP contribution is 2.47. The van der Waals surface area contributed by atoms with Crippen molar-refractivity contribution < 1.29 is 9.53 Å². The van der Waals surface area contributed by atoms with Gasteiger partial charge < -0.3 is 9.64 Å². The fourth-order valence-electron chi connectivity index (χ4n) is 3.51. The van der Waals surface area contributed by atoms with E-state index in [1.165, 1.54) is 12.2 Å². The highest BCUT2D eigenvalue weighted by atomic mass is 16.6. The van der Waals surface area contributed by atoms with Gasteiger partial charge in [-0.3, -0.25) is 4.79 Å². The number of ether oxygens (including phenoxy) is 1. The second-order valence-corrected chi connectivity index (χ2v) is 5.69. The summed E-state index contributed by atoms with van der Waals surface area (Å²) in [5.74, 6) is 3.13. The van der Waals surface area contributed by atoms with Crippen LogP contribution >= 0.6 is 0 Å². The van der Waals surface area contributed by atoms with Crippen LogP contribution in [0.15, 0.2) is 41.9 Å². The number of rotatable bonds is 1. The van der Waals surface area contributed by atoms with Crippen LogP contribution in [0.2, 0.25) is 0 Å². The Morgan fingerprint density at radius 1 is 1.16 bits per heavy atom. The number of likely N-dealkylation sites (tertiary alicyclic amines) is 1. The minimum atomic E-state index is 0.181. The summed E-state index contributed by atoms with van der Waals surface area (Å²) in [6.45, 7) is 0.886. The molecule has 19 heavy (non-hydrogen) atoms. The first-order chi connectivity index (χ1) is 9.33. The van der Waals surface area contributed by atoms with Gasteiger partial charge in [-0.25, -0.2) is 0 Å². The first kappa shape index (κ1) is 11.1. The molecule has 3 nitrogen and oxygen atoms in total. The number of hydrogen-bond acceptors (Lipinski definition) is 2. The molecule has 3 aliphatic rings. The maximum absolute atomic E-state index is 12.6. The molecule has 1 fully saturated rings. The van der Waals surface area contributed by atoms with Crippen molar-refractivity contribution in [3.8, 4) is 0 Å². The molecule has 1 aliphatic carbocycles. The Bertz CT molecular complexity index is 549. The Hall–Kier alpha value is -1.77. The number of carbonyl (C=O) groups is 1. The lowest BCUT2D eigenvalue weighted by Gasteiger charge is -2.41. The van der Waals surface area contributed by atoms with E-state index >= 15 is 0 Å². The number of amides is 1. The van der Waals surface area contributed by atoms with Crippen LogP contribution in [0.25, 0.3) is 0 Å². The number of hydrogen-bond donors (Lipinski definition) is 0. The van der Waals surface area contributed by atoms with E-state index in [-0.39, 0.29) is 5.91 Å². The summed E-state index contributed by atoms with van der Waals surface area (Å²) in [6.07, 6.45) is 4.31. The molecule has 1 amide bonds. The molecule has 2 aliphatic heterocycles. The largest absolute Gasteiger partial charge is 0.459 e. The quantitative estimate of drug-likeness (QED) is 0.773.